The van der Waals surface area contributed by atoms with Gasteiger partial charge in [0.05, 0.1) is 4.90 Å². The van der Waals surface area contributed by atoms with Crippen LogP contribution >= 0.6 is 0 Å². The normalized spacial score (nSPS) is 14.5. The standard InChI is InChI=1S/C13H16N4O3S/c18-21(19,17-7-5-13-15-9-16-20-13)11-3-4-12-10(8-11)2-1-6-14-12/h3-4,8-9,14,17H,1-2,5-7H2. The third-order valence-corrected chi connectivity index (χ3v) is 4.82. The van der Waals surface area contributed by atoms with E-state index in [1.54, 1.807) is 12.1 Å². The molecule has 0 unspecified atom stereocenters. The Labute approximate surface area is 122 Å². The zero-order valence-electron chi connectivity index (χ0n) is 11.4. The van der Waals surface area contributed by atoms with Crippen molar-refractivity contribution in [1.82, 2.24) is 14.9 Å². The average Bonchev–Trinajstić information content (AvgIpc) is 3.00. The summed E-state index contributed by atoms with van der Waals surface area (Å²) in [6.45, 7) is 1.15. The fourth-order valence-electron chi connectivity index (χ4n) is 2.30. The molecule has 0 bridgehead atoms. The first-order chi connectivity index (χ1) is 10.1. The highest BCUT2D eigenvalue weighted by Gasteiger charge is 2.17. The maximum atomic E-state index is 12.2. The van der Waals surface area contributed by atoms with E-state index in [9.17, 15) is 8.42 Å². The van der Waals surface area contributed by atoms with E-state index < -0.39 is 10.0 Å². The van der Waals surface area contributed by atoms with Crippen LogP contribution in [0.25, 0.3) is 0 Å². The van der Waals surface area contributed by atoms with Crippen molar-refractivity contribution in [3.05, 3.63) is 36.0 Å². The van der Waals surface area contributed by atoms with Gasteiger partial charge < -0.3 is 9.84 Å². The second kappa shape index (κ2) is 5.82. The highest BCUT2D eigenvalue weighted by molar-refractivity contribution is 7.89. The maximum absolute atomic E-state index is 12.2. The van der Waals surface area contributed by atoms with E-state index in [1.807, 2.05) is 6.07 Å². The van der Waals surface area contributed by atoms with Gasteiger partial charge in [-0.05, 0) is 36.6 Å². The van der Waals surface area contributed by atoms with Gasteiger partial charge in [0.1, 0.15) is 0 Å². The molecule has 0 fully saturated rings. The van der Waals surface area contributed by atoms with Gasteiger partial charge in [-0.2, -0.15) is 4.98 Å². The number of anilines is 1. The number of rotatable bonds is 5. The number of fused-ring (bicyclic) bond motifs is 1. The van der Waals surface area contributed by atoms with Gasteiger partial charge in [-0.3, -0.25) is 0 Å². The first kappa shape index (κ1) is 14.0. The number of hydrogen-bond donors (Lipinski definition) is 2. The Balaban J connectivity index is 1.69. The molecule has 1 aromatic carbocycles. The summed E-state index contributed by atoms with van der Waals surface area (Å²) in [5.41, 5.74) is 2.06. The van der Waals surface area contributed by atoms with Crippen molar-refractivity contribution in [3.63, 3.8) is 0 Å². The van der Waals surface area contributed by atoms with Crippen LogP contribution in [0.5, 0.6) is 0 Å². The predicted octanol–water partition coefficient (Wildman–Crippen LogP) is 0.949. The number of nitrogens with one attached hydrogen (secondary N) is 2. The van der Waals surface area contributed by atoms with E-state index in [1.165, 1.54) is 6.33 Å². The van der Waals surface area contributed by atoms with E-state index in [4.69, 9.17) is 4.52 Å². The Kier molecular flexibility index (Phi) is 3.89. The first-order valence-electron chi connectivity index (χ1n) is 6.77. The number of hydrogen-bond acceptors (Lipinski definition) is 6. The lowest BCUT2D eigenvalue weighted by molar-refractivity contribution is 0.377. The molecule has 8 heteroatoms. The minimum Gasteiger partial charge on any atom is -0.385 e. The van der Waals surface area contributed by atoms with Crippen molar-refractivity contribution in [2.24, 2.45) is 0 Å². The Morgan fingerprint density at radius 2 is 2.29 bits per heavy atom. The third-order valence-electron chi connectivity index (χ3n) is 3.36. The number of nitrogens with zero attached hydrogens (tertiary/aromatic N) is 2. The Morgan fingerprint density at radius 1 is 1.38 bits per heavy atom. The molecule has 7 nitrogen and oxygen atoms in total. The summed E-state index contributed by atoms with van der Waals surface area (Å²) in [6.07, 6.45) is 3.57. The van der Waals surface area contributed by atoms with Gasteiger partial charge in [0.25, 0.3) is 0 Å². The molecule has 1 aliphatic heterocycles. The molecule has 0 spiro atoms. The fraction of sp³-hybridized carbons (Fsp3) is 0.385. The minimum atomic E-state index is -3.51. The zero-order valence-corrected chi connectivity index (χ0v) is 12.2. The highest BCUT2D eigenvalue weighted by Crippen LogP contribution is 2.24. The molecule has 1 aliphatic rings. The van der Waals surface area contributed by atoms with Crippen LogP contribution in [0.4, 0.5) is 5.69 Å². The number of aryl methyl sites for hydroxylation is 1. The van der Waals surface area contributed by atoms with Crippen LogP contribution in [-0.2, 0) is 22.9 Å². The summed E-state index contributed by atoms with van der Waals surface area (Å²) < 4.78 is 31.9. The Morgan fingerprint density at radius 3 is 3.10 bits per heavy atom. The molecule has 2 N–H and O–H groups in total. The molecule has 0 saturated heterocycles. The van der Waals surface area contributed by atoms with E-state index in [0.717, 1.165) is 30.6 Å². The molecule has 1 aromatic heterocycles. The highest BCUT2D eigenvalue weighted by atomic mass is 32.2. The van der Waals surface area contributed by atoms with Crippen LogP contribution in [0.2, 0.25) is 0 Å². The molecule has 0 atom stereocenters. The number of sulfonamides is 1. The molecule has 21 heavy (non-hydrogen) atoms. The summed E-state index contributed by atoms with van der Waals surface area (Å²) in [4.78, 5) is 4.13. The number of aromatic nitrogens is 2. The van der Waals surface area contributed by atoms with Gasteiger partial charge >= 0.3 is 0 Å². The van der Waals surface area contributed by atoms with Crippen molar-refractivity contribution in [2.75, 3.05) is 18.4 Å². The molecule has 2 aromatic rings. The van der Waals surface area contributed by atoms with Gasteiger partial charge in [0.15, 0.2) is 6.33 Å². The molecule has 2 heterocycles. The van der Waals surface area contributed by atoms with E-state index >= 15 is 0 Å². The average molecular weight is 308 g/mol. The molecule has 0 radical (unpaired) electrons. The monoisotopic (exact) mass is 308 g/mol. The number of benzene rings is 1. The molecule has 3 rings (SSSR count). The van der Waals surface area contributed by atoms with Crippen LogP contribution in [0.1, 0.15) is 17.9 Å². The Bertz CT molecular complexity index is 713. The second-order valence-corrected chi connectivity index (χ2v) is 6.60. The topological polar surface area (TPSA) is 97.1 Å². The van der Waals surface area contributed by atoms with Crippen molar-refractivity contribution >= 4 is 15.7 Å². The second-order valence-electron chi connectivity index (χ2n) is 4.83. The van der Waals surface area contributed by atoms with Crippen molar-refractivity contribution in [1.29, 1.82) is 0 Å². The SMILES string of the molecule is O=S(=O)(NCCc1ncno1)c1ccc2c(c1)CCCN2. The van der Waals surface area contributed by atoms with Crippen LogP contribution < -0.4 is 10.0 Å². The first-order valence-corrected chi connectivity index (χ1v) is 8.25. The van der Waals surface area contributed by atoms with Crippen molar-refractivity contribution in [2.45, 2.75) is 24.2 Å². The third kappa shape index (κ3) is 3.22. The molecule has 0 amide bonds. The molecule has 112 valence electrons. The largest absolute Gasteiger partial charge is 0.385 e. The smallest absolute Gasteiger partial charge is 0.240 e. The summed E-state index contributed by atoms with van der Waals surface area (Å²) in [7, 11) is -3.51. The lowest BCUT2D eigenvalue weighted by Gasteiger charge is -2.18. The molecular weight excluding hydrogens is 292 g/mol. The molecule has 0 aliphatic carbocycles. The van der Waals surface area contributed by atoms with Crippen LogP contribution in [0.15, 0.2) is 33.9 Å². The lowest BCUT2D eigenvalue weighted by Crippen LogP contribution is -2.26. The van der Waals surface area contributed by atoms with E-state index in [2.05, 4.69) is 20.2 Å². The quantitative estimate of drug-likeness (QED) is 0.853. The maximum Gasteiger partial charge on any atom is 0.240 e. The molecular formula is C13H16N4O3S. The van der Waals surface area contributed by atoms with Gasteiger partial charge in [-0.15, -0.1) is 0 Å². The Hall–Kier alpha value is -1.93. The van der Waals surface area contributed by atoms with E-state index in [0.29, 0.717) is 12.3 Å². The van der Waals surface area contributed by atoms with Gasteiger partial charge in [-0.25, -0.2) is 13.1 Å². The van der Waals surface area contributed by atoms with E-state index in [-0.39, 0.29) is 11.4 Å². The zero-order chi connectivity index (χ0) is 14.7. The summed E-state index contributed by atoms with van der Waals surface area (Å²) in [6, 6.07) is 5.17. The van der Waals surface area contributed by atoms with Crippen LogP contribution in [0.3, 0.4) is 0 Å². The van der Waals surface area contributed by atoms with Crippen LogP contribution in [-0.4, -0.2) is 31.6 Å². The fourth-order valence-corrected chi connectivity index (χ4v) is 3.38. The van der Waals surface area contributed by atoms with Crippen molar-refractivity contribution < 1.29 is 12.9 Å². The van der Waals surface area contributed by atoms with Gasteiger partial charge in [0.2, 0.25) is 15.9 Å². The summed E-state index contributed by atoms with van der Waals surface area (Å²) in [5.74, 6) is 0.410. The lowest BCUT2D eigenvalue weighted by atomic mass is 10.0. The van der Waals surface area contributed by atoms with Gasteiger partial charge in [0, 0.05) is 25.2 Å². The molecule has 0 saturated carbocycles. The van der Waals surface area contributed by atoms with Gasteiger partial charge in [-0.1, -0.05) is 5.16 Å². The van der Waals surface area contributed by atoms with Crippen molar-refractivity contribution in [3.8, 4) is 0 Å². The summed E-state index contributed by atoms with van der Waals surface area (Å²) >= 11 is 0. The predicted molar refractivity (Wildman–Crippen MR) is 76.4 cm³/mol. The van der Waals surface area contributed by atoms with Crippen LogP contribution in [0, 0.1) is 0 Å². The summed E-state index contributed by atoms with van der Waals surface area (Å²) in [5, 5.41) is 6.73. The minimum absolute atomic E-state index is 0.222.